The summed E-state index contributed by atoms with van der Waals surface area (Å²) in [5.41, 5.74) is 2.43. The number of nitrogens with one attached hydrogen (secondary N) is 1. The average molecular weight is 427 g/mol. The minimum atomic E-state index is -0.236. The largest absolute Gasteiger partial charge is 0.323 e. The molecule has 0 radical (unpaired) electrons. The van der Waals surface area contributed by atoms with E-state index in [9.17, 15) is 4.79 Å². The molecule has 0 bridgehead atoms. The Morgan fingerprint density at radius 3 is 2.66 bits per heavy atom. The van der Waals surface area contributed by atoms with Gasteiger partial charge in [0.05, 0.1) is 0 Å². The van der Waals surface area contributed by atoms with E-state index in [0.717, 1.165) is 48.6 Å². The molecule has 1 aliphatic heterocycles. The van der Waals surface area contributed by atoms with Crippen molar-refractivity contribution < 1.29 is 4.79 Å². The highest BCUT2D eigenvalue weighted by Crippen LogP contribution is 2.24. The molecule has 3 aromatic rings. The number of aromatic nitrogens is 3. The zero-order valence-corrected chi connectivity index (χ0v) is 17.2. The molecule has 2 heterocycles. The molecule has 0 saturated heterocycles. The van der Waals surface area contributed by atoms with Gasteiger partial charge in [0, 0.05) is 40.3 Å². The summed E-state index contributed by atoms with van der Waals surface area (Å²) >= 11 is 12.0. The van der Waals surface area contributed by atoms with Gasteiger partial charge in [-0.25, -0.2) is 0 Å². The molecule has 1 N–H and O–H groups in total. The van der Waals surface area contributed by atoms with Crippen LogP contribution in [0, 0.1) is 0 Å². The number of fused-ring (bicyclic) bond motifs is 1. The molecule has 1 amide bonds. The molecule has 0 unspecified atom stereocenters. The number of hydrogen-bond donors (Lipinski definition) is 1. The lowest BCUT2D eigenvalue weighted by atomic mass is 10.2. The molecule has 0 saturated carbocycles. The second-order valence-corrected chi connectivity index (χ2v) is 7.81. The van der Waals surface area contributed by atoms with Gasteiger partial charge in [-0.05, 0) is 60.9 Å². The molecular weight excluding hydrogens is 407 g/mol. The highest BCUT2D eigenvalue weighted by atomic mass is 35.5. The molecule has 0 aliphatic carbocycles. The van der Waals surface area contributed by atoms with Crippen LogP contribution in [0.4, 0.5) is 5.69 Å². The van der Waals surface area contributed by atoms with E-state index in [2.05, 4.69) is 20.1 Å². The molecule has 29 heavy (non-hydrogen) atoms. The van der Waals surface area contributed by atoms with Gasteiger partial charge in [0.2, 0.25) is 5.91 Å². The minimum Gasteiger partial charge on any atom is -0.323 e. The van der Waals surface area contributed by atoms with Gasteiger partial charge in [0.25, 0.3) is 0 Å². The summed E-state index contributed by atoms with van der Waals surface area (Å²) in [6.07, 6.45) is 7.62. The van der Waals surface area contributed by atoms with Gasteiger partial charge in [0.15, 0.2) is 5.82 Å². The van der Waals surface area contributed by atoms with Crippen LogP contribution in [-0.2, 0) is 17.8 Å². The first-order chi connectivity index (χ1) is 14.1. The number of halogens is 2. The third-order valence-electron chi connectivity index (χ3n) is 4.90. The maximum Gasteiger partial charge on any atom is 0.248 e. The average Bonchev–Trinajstić information content (AvgIpc) is 2.96. The normalized spacial score (nSPS) is 13.9. The van der Waals surface area contributed by atoms with Crippen molar-refractivity contribution in [2.45, 2.75) is 32.2 Å². The molecule has 5 nitrogen and oxygen atoms in total. The Morgan fingerprint density at radius 1 is 1.03 bits per heavy atom. The number of carbonyl (C=O) groups excluding carboxylic acids is 1. The van der Waals surface area contributed by atoms with Crippen molar-refractivity contribution in [2.75, 3.05) is 5.32 Å². The number of hydrogen-bond acceptors (Lipinski definition) is 3. The number of benzene rings is 2. The zero-order valence-electron chi connectivity index (χ0n) is 15.7. The highest BCUT2D eigenvalue weighted by Gasteiger charge is 2.15. The summed E-state index contributed by atoms with van der Waals surface area (Å²) in [6, 6.07) is 12.8. The molecule has 1 aliphatic rings. The van der Waals surface area contributed by atoms with Crippen molar-refractivity contribution in [3.05, 3.63) is 70.0 Å². The third kappa shape index (κ3) is 4.69. The van der Waals surface area contributed by atoms with E-state index in [1.54, 1.807) is 24.3 Å². The zero-order chi connectivity index (χ0) is 20.2. The summed E-state index contributed by atoms with van der Waals surface area (Å²) in [5, 5.41) is 12.6. The van der Waals surface area contributed by atoms with Crippen LogP contribution < -0.4 is 5.32 Å². The number of aryl methyl sites for hydroxylation is 1. The maximum atomic E-state index is 12.2. The molecule has 0 fully saturated rings. The smallest absolute Gasteiger partial charge is 0.248 e. The summed E-state index contributed by atoms with van der Waals surface area (Å²) in [7, 11) is 0. The Balaban J connectivity index is 1.44. The van der Waals surface area contributed by atoms with E-state index >= 15 is 0 Å². The van der Waals surface area contributed by atoms with Gasteiger partial charge >= 0.3 is 0 Å². The molecule has 0 atom stereocenters. The molecule has 0 spiro atoms. The van der Waals surface area contributed by atoms with Crippen molar-refractivity contribution in [3.8, 4) is 11.4 Å². The van der Waals surface area contributed by atoms with E-state index in [1.165, 1.54) is 12.5 Å². The number of carbonyl (C=O) groups is 1. The van der Waals surface area contributed by atoms with E-state index < -0.39 is 0 Å². The third-order valence-corrected chi connectivity index (χ3v) is 5.46. The lowest BCUT2D eigenvalue weighted by Gasteiger charge is -2.08. The lowest BCUT2D eigenvalue weighted by Crippen LogP contribution is -2.07. The van der Waals surface area contributed by atoms with Crippen LogP contribution in [0.2, 0.25) is 10.0 Å². The summed E-state index contributed by atoms with van der Waals surface area (Å²) in [4.78, 5) is 12.2. The van der Waals surface area contributed by atoms with E-state index in [0.29, 0.717) is 15.7 Å². The van der Waals surface area contributed by atoms with Crippen molar-refractivity contribution in [3.63, 3.8) is 0 Å². The monoisotopic (exact) mass is 426 g/mol. The first-order valence-electron chi connectivity index (χ1n) is 9.57. The van der Waals surface area contributed by atoms with Gasteiger partial charge in [-0.2, -0.15) is 0 Å². The molecular formula is C22H20Cl2N4O. The van der Waals surface area contributed by atoms with Crippen LogP contribution >= 0.6 is 23.2 Å². The molecule has 7 heteroatoms. The second kappa shape index (κ2) is 8.80. The fraction of sp³-hybridized carbons (Fsp3) is 0.227. The molecule has 4 rings (SSSR count). The predicted octanol–water partition coefficient (Wildman–Crippen LogP) is 5.63. The Bertz CT molecular complexity index is 1060. The van der Waals surface area contributed by atoms with Crippen molar-refractivity contribution in [1.82, 2.24) is 14.8 Å². The Morgan fingerprint density at radius 2 is 1.86 bits per heavy atom. The van der Waals surface area contributed by atoms with Crippen LogP contribution in [-0.4, -0.2) is 20.7 Å². The quantitative estimate of drug-likeness (QED) is 0.549. The fourth-order valence-corrected chi connectivity index (χ4v) is 3.86. The summed E-state index contributed by atoms with van der Waals surface area (Å²) < 4.78 is 2.21. The van der Waals surface area contributed by atoms with Crippen LogP contribution in [0.3, 0.4) is 0 Å². The maximum absolute atomic E-state index is 12.2. The van der Waals surface area contributed by atoms with Gasteiger partial charge in [0.1, 0.15) is 5.82 Å². The van der Waals surface area contributed by atoms with Crippen LogP contribution in [0.1, 0.15) is 30.7 Å². The lowest BCUT2D eigenvalue weighted by molar-refractivity contribution is -0.111. The Labute approximate surface area is 179 Å². The van der Waals surface area contributed by atoms with Crippen LogP contribution in [0.15, 0.2) is 48.5 Å². The van der Waals surface area contributed by atoms with Gasteiger partial charge in [-0.3, -0.25) is 4.79 Å². The first kappa shape index (κ1) is 19.7. The second-order valence-electron chi connectivity index (χ2n) is 6.97. The van der Waals surface area contributed by atoms with Crippen LogP contribution in [0.25, 0.3) is 17.5 Å². The predicted molar refractivity (Wildman–Crippen MR) is 117 cm³/mol. The molecule has 148 valence electrons. The van der Waals surface area contributed by atoms with E-state index in [1.807, 2.05) is 24.3 Å². The van der Waals surface area contributed by atoms with Crippen molar-refractivity contribution >= 4 is 40.9 Å². The number of rotatable bonds is 4. The van der Waals surface area contributed by atoms with Gasteiger partial charge < -0.3 is 9.88 Å². The van der Waals surface area contributed by atoms with Crippen LogP contribution in [0.5, 0.6) is 0 Å². The summed E-state index contributed by atoms with van der Waals surface area (Å²) in [5.74, 6) is 1.71. The van der Waals surface area contributed by atoms with Crippen molar-refractivity contribution in [2.24, 2.45) is 0 Å². The standard InChI is InChI=1S/C22H20Cl2N4O/c23-17-9-5-15(19(24)14-17)8-12-21(29)25-18-10-6-16(7-11-18)22-27-26-20-4-2-1-3-13-28(20)22/h5-12,14H,1-4,13H2,(H,25,29)/b12-8+. The number of nitrogens with zero attached hydrogens (tertiary/aromatic N) is 3. The highest BCUT2D eigenvalue weighted by molar-refractivity contribution is 6.35. The van der Waals surface area contributed by atoms with E-state index in [4.69, 9.17) is 23.2 Å². The van der Waals surface area contributed by atoms with E-state index in [-0.39, 0.29) is 5.91 Å². The topological polar surface area (TPSA) is 59.8 Å². The Kier molecular flexibility index (Phi) is 5.97. The Hall–Kier alpha value is -2.63. The fourth-order valence-electron chi connectivity index (χ4n) is 3.39. The minimum absolute atomic E-state index is 0.236. The number of amides is 1. The number of anilines is 1. The van der Waals surface area contributed by atoms with Gasteiger partial charge in [-0.15, -0.1) is 10.2 Å². The van der Waals surface area contributed by atoms with Gasteiger partial charge in [-0.1, -0.05) is 35.7 Å². The summed E-state index contributed by atoms with van der Waals surface area (Å²) in [6.45, 7) is 0.953. The SMILES string of the molecule is O=C(/C=C/c1ccc(Cl)cc1Cl)Nc1ccc(-c2nnc3n2CCCCC3)cc1. The molecule has 2 aromatic carbocycles. The van der Waals surface area contributed by atoms with Crippen molar-refractivity contribution in [1.29, 1.82) is 0 Å². The molecule has 1 aromatic heterocycles. The first-order valence-corrected chi connectivity index (χ1v) is 10.3.